The van der Waals surface area contributed by atoms with E-state index < -0.39 is 0 Å². The summed E-state index contributed by atoms with van der Waals surface area (Å²) in [5, 5.41) is 20.7. The molecule has 1 saturated heterocycles. The zero-order chi connectivity index (χ0) is 17.3. The minimum Gasteiger partial charge on any atom is -0.352 e. The monoisotopic (exact) mass is 348 g/mol. The quantitative estimate of drug-likeness (QED) is 0.576. The van der Waals surface area contributed by atoms with Crippen LogP contribution in [0.4, 0.5) is 11.6 Å². The highest BCUT2D eigenvalue weighted by atomic mass is 15.4. The van der Waals surface area contributed by atoms with Gasteiger partial charge in [0.1, 0.15) is 12.1 Å². The number of fused-ring (bicyclic) bond motifs is 1. The second-order valence-corrected chi connectivity index (χ2v) is 6.00. The van der Waals surface area contributed by atoms with Gasteiger partial charge in [-0.2, -0.15) is 10.2 Å². The number of aromatic nitrogens is 8. The van der Waals surface area contributed by atoms with Gasteiger partial charge < -0.3 is 9.80 Å². The van der Waals surface area contributed by atoms with Crippen LogP contribution < -0.4 is 9.80 Å². The number of nitrogens with one attached hydrogen (secondary N) is 1. The number of rotatable bonds is 3. The molecule has 1 aliphatic rings. The number of piperazine rings is 1. The fraction of sp³-hybridized carbons (Fsp3) is 0.250. The van der Waals surface area contributed by atoms with Crippen LogP contribution in [0.3, 0.4) is 0 Å². The standard InChI is InChI=1S/C16H16N10/c1-4-20-26(5-1)14-3-2-13(21-22-14)24-6-8-25(9-7-24)16-12-10-19-23-15(12)17-11-18-16/h1-5,10-11H,6-9H2,(H,17,18,19,23). The minimum atomic E-state index is 0.709. The maximum atomic E-state index is 4.44. The van der Waals surface area contributed by atoms with E-state index in [-0.39, 0.29) is 0 Å². The molecule has 1 fully saturated rings. The highest BCUT2D eigenvalue weighted by molar-refractivity contribution is 5.86. The largest absolute Gasteiger partial charge is 0.352 e. The lowest BCUT2D eigenvalue weighted by atomic mass is 10.2. The smallest absolute Gasteiger partial charge is 0.175 e. The molecule has 1 N–H and O–H groups in total. The van der Waals surface area contributed by atoms with E-state index in [0.717, 1.165) is 48.8 Å². The zero-order valence-corrected chi connectivity index (χ0v) is 13.9. The highest BCUT2D eigenvalue weighted by Gasteiger charge is 2.21. The Bertz CT molecular complexity index is 999. The molecule has 0 aromatic carbocycles. The van der Waals surface area contributed by atoms with Crippen molar-refractivity contribution in [3.63, 3.8) is 0 Å². The number of hydrogen-bond acceptors (Lipinski definition) is 8. The lowest BCUT2D eigenvalue weighted by molar-refractivity contribution is 0.638. The molecular formula is C16H16N10. The predicted octanol–water partition coefficient (Wildman–Crippen LogP) is 0.655. The first-order valence-electron chi connectivity index (χ1n) is 8.36. The molecule has 5 heterocycles. The van der Waals surface area contributed by atoms with Crippen molar-refractivity contribution in [2.24, 2.45) is 0 Å². The van der Waals surface area contributed by atoms with Gasteiger partial charge in [0.05, 0.1) is 11.6 Å². The predicted molar refractivity (Wildman–Crippen MR) is 95.3 cm³/mol. The van der Waals surface area contributed by atoms with Crippen molar-refractivity contribution in [3.8, 4) is 5.82 Å². The molecule has 0 saturated carbocycles. The Balaban J connectivity index is 1.30. The van der Waals surface area contributed by atoms with Crippen LogP contribution in [-0.2, 0) is 0 Å². The molecule has 5 rings (SSSR count). The van der Waals surface area contributed by atoms with Gasteiger partial charge in [0.2, 0.25) is 0 Å². The topological polar surface area (TPSA) is 105 Å². The number of anilines is 2. The number of H-pyrrole nitrogens is 1. The molecule has 10 heteroatoms. The molecule has 4 aromatic rings. The van der Waals surface area contributed by atoms with E-state index in [4.69, 9.17) is 0 Å². The van der Waals surface area contributed by atoms with Gasteiger partial charge in [-0.15, -0.1) is 10.2 Å². The van der Waals surface area contributed by atoms with Crippen molar-refractivity contribution in [1.29, 1.82) is 0 Å². The maximum Gasteiger partial charge on any atom is 0.175 e. The van der Waals surface area contributed by atoms with Crippen LogP contribution in [0.25, 0.3) is 16.9 Å². The molecule has 10 nitrogen and oxygen atoms in total. The molecule has 0 spiro atoms. The molecule has 4 aromatic heterocycles. The first kappa shape index (κ1) is 14.8. The molecule has 0 unspecified atom stereocenters. The molecule has 0 radical (unpaired) electrons. The third kappa shape index (κ3) is 2.51. The highest BCUT2D eigenvalue weighted by Crippen LogP contribution is 2.23. The first-order valence-corrected chi connectivity index (χ1v) is 8.36. The van der Waals surface area contributed by atoms with Gasteiger partial charge in [0.25, 0.3) is 0 Å². The summed E-state index contributed by atoms with van der Waals surface area (Å²) in [6.07, 6.45) is 6.91. The van der Waals surface area contributed by atoms with Crippen molar-refractivity contribution in [2.75, 3.05) is 36.0 Å². The second-order valence-electron chi connectivity index (χ2n) is 6.00. The van der Waals surface area contributed by atoms with Crippen LogP contribution in [-0.4, -0.2) is 66.3 Å². The van der Waals surface area contributed by atoms with E-state index in [1.807, 2.05) is 24.4 Å². The van der Waals surface area contributed by atoms with E-state index in [0.29, 0.717) is 5.82 Å². The van der Waals surface area contributed by atoms with Gasteiger partial charge in [0.15, 0.2) is 17.3 Å². The molecule has 0 bridgehead atoms. The van der Waals surface area contributed by atoms with Gasteiger partial charge in [-0.25, -0.2) is 14.6 Å². The van der Waals surface area contributed by atoms with Crippen LogP contribution in [0, 0.1) is 0 Å². The zero-order valence-electron chi connectivity index (χ0n) is 13.9. The summed E-state index contributed by atoms with van der Waals surface area (Å²) in [7, 11) is 0. The number of hydrogen-bond donors (Lipinski definition) is 1. The van der Waals surface area contributed by atoms with Crippen molar-refractivity contribution < 1.29 is 0 Å². The molecular weight excluding hydrogens is 332 g/mol. The Labute approximate surface area is 148 Å². The maximum absolute atomic E-state index is 4.44. The molecule has 0 amide bonds. The number of nitrogens with zero attached hydrogens (tertiary/aromatic N) is 9. The van der Waals surface area contributed by atoms with Gasteiger partial charge in [0, 0.05) is 38.6 Å². The fourth-order valence-corrected chi connectivity index (χ4v) is 3.16. The summed E-state index contributed by atoms with van der Waals surface area (Å²) >= 11 is 0. The van der Waals surface area contributed by atoms with Crippen molar-refractivity contribution in [2.45, 2.75) is 0 Å². The average Bonchev–Trinajstić information content (AvgIpc) is 3.40. The summed E-state index contributed by atoms with van der Waals surface area (Å²) < 4.78 is 1.69. The summed E-state index contributed by atoms with van der Waals surface area (Å²) in [5.41, 5.74) is 0.762. The van der Waals surface area contributed by atoms with Gasteiger partial charge in [-0.3, -0.25) is 5.10 Å². The van der Waals surface area contributed by atoms with Gasteiger partial charge >= 0.3 is 0 Å². The Morgan fingerprint density at radius 1 is 0.923 bits per heavy atom. The first-order chi connectivity index (χ1) is 12.9. The van der Waals surface area contributed by atoms with Crippen LogP contribution >= 0.6 is 0 Å². The fourth-order valence-electron chi connectivity index (χ4n) is 3.16. The van der Waals surface area contributed by atoms with E-state index in [1.54, 1.807) is 23.4 Å². The summed E-state index contributed by atoms with van der Waals surface area (Å²) in [6, 6.07) is 5.78. The Hall–Kier alpha value is -3.56. The Morgan fingerprint density at radius 2 is 1.73 bits per heavy atom. The van der Waals surface area contributed by atoms with E-state index in [1.165, 1.54) is 0 Å². The SMILES string of the molecule is c1cnn(-c2ccc(N3CCN(c4ncnc5[nH]ncc45)CC3)nn2)c1. The van der Waals surface area contributed by atoms with Crippen LogP contribution in [0.15, 0.2) is 43.1 Å². The second kappa shape index (κ2) is 6.06. The van der Waals surface area contributed by atoms with Crippen molar-refractivity contribution in [3.05, 3.63) is 43.1 Å². The molecule has 130 valence electrons. The lowest BCUT2D eigenvalue weighted by Crippen LogP contribution is -2.47. The van der Waals surface area contributed by atoms with Crippen LogP contribution in [0.1, 0.15) is 0 Å². The van der Waals surface area contributed by atoms with Gasteiger partial charge in [-0.05, 0) is 18.2 Å². The summed E-state index contributed by atoms with van der Waals surface area (Å²) in [4.78, 5) is 13.1. The van der Waals surface area contributed by atoms with E-state index >= 15 is 0 Å². The average molecular weight is 348 g/mol. The summed E-state index contributed by atoms with van der Waals surface area (Å²) in [6.45, 7) is 3.39. The van der Waals surface area contributed by atoms with Crippen LogP contribution in [0.5, 0.6) is 0 Å². The third-order valence-corrected chi connectivity index (χ3v) is 4.51. The molecule has 1 aliphatic heterocycles. The Kier molecular flexibility index (Phi) is 3.44. The molecule has 0 atom stereocenters. The van der Waals surface area contributed by atoms with Crippen molar-refractivity contribution in [1.82, 2.24) is 40.1 Å². The normalized spacial score (nSPS) is 14.9. The summed E-state index contributed by atoms with van der Waals surface area (Å²) in [5.74, 6) is 2.50. The van der Waals surface area contributed by atoms with E-state index in [2.05, 4.69) is 45.3 Å². The lowest BCUT2D eigenvalue weighted by Gasteiger charge is -2.35. The van der Waals surface area contributed by atoms with E-state index in [9.17, 15) is 0 Å². The van der Waals surface area contributed by atoms with Gasteiger partial charge in [-0.1, -0.05) is 0 Å². The number of aromatic amines is 1. The van der Waals surface area contributed by atoms with Crippen LogP contribution in [0.2, 0.25) is 0 Å². The molecule has 26 heavy (non-hydrogen) atoms. The Morgan fingerprint density at radius 3 is 2.50 bits per heavy atom. The van der Waals surface area contributed by atoms with Crippen molar-refractivity contribution >= 4 is 22.7 Å². The third-order valence-electron chi connectivity index (χ3n) is 4.51. The molecule has 0 aliphatic carbocycles. The minimum absolute atomic E-state index is 0.709.